The zero-order valence-electron chi connectivity index (χ0n) is 13.3. The highest BCUT2D eigenvalue weighted by molar-refractivity contribution is 5.95. The van der Waals surface area contributed by atoms with E-state index in [1.165, 1.54) is 0 Å². The molecule has 1 aliphatic rings. The van der Waals surface area contributed by atoms with Crippen molar-refractivity contribution in [2.45, 2.75) is 26.2 Å². The SMILES string of the molecule is CC1(C(=O)Nc2ccc(OCCC(N)=O)cc2)CCCNC1.Cl. The lowest BCUT2D eigenvalue weighted by Crippen LogP contribution is -2.46. The van der Waals surface area contributed by atoms with Crippen LogP contribution in [-0.2, 0) is 9.59 Å². The molecule has 0 bridgehead atoms. The number of anilines is 1. The summed E-state index contributed by atoms with van der Waals surface area (Å²) >= 11 is 0. The summed E-state index contributed by atoms with van der Waals surface area (Å²) < 4.78 is 5.39. The zero-order chi connectivity index (χ0) is 16.0. The first-order chi connectivity index (χ1) is 10.5. The van der Waals surface area contributed by atoms with Gasteiger partial charge in [-0.05, 0) is 50.6 Å². The Labute approximate surface area is 142 Å². The molecule has 1 saturated heterocycles. The van der Waals surface area contributed by atoms with Gasteiger partial charge in [-0.2, -0.15) is 0 Å². The fourth-order valence-electron chi connectivity index (χ4n) is 2.44. The van der Waals surface area contributed by atoms with Crippen molar-refractivity contribution in [3.8, 4) is 5.75 Å². The van der Waals surface area contributed by atoms with Crippen molar-refractivity contribution >= 4 is 29.9 Å². The number of primary amides is 1. The molecule has 4 N–H and O–H groups in total. The average molecular weight is 342 g/mol. The van der Waals surface area contributed by atoms with Gasteiger partial charge in [0.1, 0.15) is 5.75 Å². The molecule has 7 heteroatoms. The Morgan fingerprint density at radius 1 is 1.35 bits per heavy atom. The first-order valence-corrected chi connectivity index (χ1v) is 7.53. The molecule has 1 heterocycles. The topological polar surface area (TPSA) is 93.4 Å². The van der Waals surface area contributed by atoms with Crippen LogP contribution < -0.4 is 21.1 Å². The minimum absolute atomic E-state index is 0. The molecule has 0 spiro atoms. The summed E-state index contributed by atoms with van der Waals surface area (Å²) in [7, 11) is 0. The number of rotatable bonds is 6. The third kappa shape index (κ3) is 5.73. The number of benzene rings is 1. The predicted octanol–water partition coefficient (Wildman–Crippen LogP) is 1.69. The van der Waals surface area contributed by atoms with Crippen molar-refractivity contribution < 1.29 is 14.3 Å². The molecule has 0 aromatic heterocycles. The van der Waals surface area contributed by atoms with E-state index in [0.717, 1.165) is 25.1 Å². The van der Waals surface area contributed by atoms with Gasteiger partial charge in [0.15, 0.2) is 0 Å². The number of hydrogen-bond acceptors (Lipinski definition) is 4. The lowest BCUT2D eigenvalue weighted by atomic mass is 9.82. The fraction of sp³-hybridized carbons (Fsp3) is 0.500. The highest BCUT2D eigenvalue weighted by Crippen LogP contribution is 2.27. The summed E-state index contributed by atoms with van der Waals surface area (Å²) in [5.41, 5.74) is 5.42. The molecule has 1 aliphatic heterocycles. The second-order valence-electron chi connectivity index (χ2n) is 5.88. The van der Waals surface area contributed by atoms with Crippen LogP contribution in [0.3, 0.4) is 0 Å². The maximum atomic E-state index is 12.4. The van der Waals surface area contributed by atoms with Gasteiger partial charge in [0, 0.05) is 12.2 Å². The smallest absolute Gasteiger partial charge is 0.231 e. The van der Waals surface area contributed by atoms with E-state index in [9.17, 15) is 9.59 Å². The van der Waals surface area contributed by atoms with Crippen LogP contribution in [0.15, 0.2) is 24.3 Å². The minimum Gasteiger partial charge on any atom is -0.493 e. The molecule has 1 unspecified atom stereocenters. The lowest BCUT2D eigenvalue weighted by Gasteiger charge is -2.32. The number of hydrogen-bond donors (Lipinski definition) is 3. The number of amides is 2. The largest absolute Gasteiger partial charge is 0.493 e. The second-order valence-corrected chi connectivity index (χ2v) is 5.88. The number of halogens is 1. The summed E-state index contributed by atoms with van der Waals surface area (Å²) in [6.45, 7) is 3.91. The molecule has 128 valence electrons. The van der Waals surface area contributed by atoms with Gasteiger partial charge in [0.2, 0.25) is 11.8 Å². The quantitative estimate of drug-likeness (QED) is 0.734. The van der Waals surface area contributed by atoms with Crippen LogP contribution in [0, 0.1) is 5.41 Å². The van der Waals surface area contributed by atoms with Crippen molar-refractivity contribution in [2.24, 2.45) is 11.1 Å². The molecule has 23 heavy (non-hydrogen) atoms. The van der Waals surface area contributed by atoms with Crippen LogP contribution in [0.4, 0.5) is 5.69 Å². The second kappa shape index (κ2) is 8.74. The predicted molar refractivity (Wildman–Crippen MR) is 91.8 cm³/mol. The molecule has 1 fully saturated rings. The van der Waals surface area contributed by atoms with Crippen LogP contribution in [-0.4, -0.2) is 31.5 Å². The third-order valence-electron chi connectivity index (χ3n) is 3.87. The molecule has 1 atom stereocenters. The number of carbonyl (C=O) groups excluding carboxylic acids is 2. The van der Waals surface area contributed by atoms with Crippen molar-refractivity contribution in [3.05, 3.63) is 24.3 Å². The van der Waals surface area contributed by atoms with Gasteiger partial charge in [-0.25, -0.2) is 0 Å². The monoisotopic (exact) mass is 341 g/mol. The molecule has 2 amide bonds. The molecule has 2 rings (SSSR count). The highest BCUT2D eigenvalue weighted by Gasteiger charge is 2.34. The lowest BCUT2D eigenvalue weighted by molar-refractivity contribution is -0.125. The van der Waals surface area contributed by atoms with Gasteiger partial charge in [-0.15, -0.1) is 12.4 Å². The van der Waals surface area contributed by atoms with Crippen molar-refractivity contribution in [3.63, 3.8) is 0 Å². The first kappa shape index (κ1) is 19.3. The van der Waals surface area contributed by atoms with Gasteiger partial charge in [-0.3, -0.25) is 9.59 Å². The molecule has 0 saturated carbocycles. The molecular formula is C16H24ClN3O3. The van der Waals surface area contributed by atoms with Crippen LogP contribution in [0.2, 0.25) is 0 Å². The van der Waals surface area contributed by atoms with Gasteiger partial charge in [-0.1, -0.05) is 0 Å². The number of carbonyl (C=O) groups is 2. The van der Waals surface area contributed by atoms with E-state index in [-0.39, 0.29) is 36.8 Å². The fourth-order valence-corrected chi connectivity index (χ4v) is 2.44. The van der Waals surface area contributed by atoms with E-state index < -0.39 is 5.91 Å². The normalized spacial score (nSPS) is 20.2. The Morgan fingerprint density at radius 3 is 2.61 bits per heavy atom. The number of nitrogens with two attached hydrogens (primary N) is 1. The standard InChI is InChI=1S/C16H23N3O3.ClH/c1-16(8-2-9-18-11-16)15(21)19-12-3-5-13(6-4-12)22-10-7-14(17)20;/h3-6,18H,2,7-11H2,1H3,(H2,17,20)(H,19,21);1H. The van der Waals surface area contributed by atoms with E-state index in [1.54, 1.807) is 24.3 Å². The molecule has 0 radical (unpaired) electrons. The summed E-state index contributed by atoms with van der Waals surface area (Å²) in [5.74, 6) is 0.283. The van der Waals surface area contributed by atoms with Crippen molar-refractivity contribution in [2.75, 3.05) is 25.0 Å². The molecular weight excluding hydrogens is 318 g/mol. The van der Waals surface area contributed by atoms with Crippen molar-refractivity contribution in [1.82, 2.24) is 5.32 Å². The molecule has 0 aliphatic carbocycles. The van der Waals surface area contributed by atoms with E-state index in [0.29, 0.717) is 12.3 Å². The van der Waals surface area contributed by atoms with Crippen LogP contribution in [0.25, 0.3) is 0 Å². The number of nitrogens with one attached hydrogen (secondary N) is 2. The Hall–Kier alpha value is -1.79. The Bertz CT molecular complexity index is 528. The molecule has 6 nitrogen and oxygen atoms in total. The van der Waals surface area contributed by atoms with Gasteiger partial charge in [0.25, 0.3) is 0 Å². The Kier molecular flexibility index (Phi) is 7.32. The average Bonchev–Trinajstić information content (AvgIpc) is 2.49. The van der Waals surface area contributed by atoms with E-state index in [2.05, 4.69) is 10.6 Å². The van der Waals surface area contributed by atoms with Crippen LogP contribution in [0.1, 0.15) is 26.2 Å². The van der Waals surface area contributed by atoms with Gasteiger partial charge in [0.05, 0.1) is 18.4 Å². The maximum Gasteiger partial charge on any atom is 0.231 e. The van der Waals surface area contributed by atoms with E-state index in [4.69, 9.17) is 10.5 Å². The Balaban J connectivity index is 0.00000264. The third-order valence-corrected chi connectivity index (χ3v) is 3.87. The first-order valence-electron chi connectivity index (χ1n) is 7.53. The van der Waals surface area contributed by atoms with E-state index >= 15 is 0 Å². The highest BCUT2D eigenvalue weighted by atomic mass is 35.5. The number of piperidine rings is 1. The van der Waals surface area contributed by atoms with Crippen LogP contribution in [0.5, 0.6) is 5.75 Å². The van der Waals surface area contributed by atoms with Crippen molar-refractivity contribution in [1.29, 1.82) is 0 Å². The van der Waals surface area contributed by atoms with Crippen LogP contribution >= 0.6 is 12.4 Å². The number of ether oxygens (including phenoxy) is 1. The summed E-state index contributed by atoms with van der Waals surface area (Å²) in [4.78, 5) is 23.0. The van der Waals surface area contributed by atoms with Gasteiger partial charge >= 0.3 is 0 Å². The summed E-state index contributed by atoms with van der Waals surface area (Å²) in [6.07, 6.45) is 2.08. The summed E-state index contributed by atoms with van der Waals surface area (Å²) in [6, 6.07) is 7.10. The molecule has 1 aromatic rings. The summed E-state index contributed by atoms with van der Waals surface area (Å²) in [5, 5.41) is 6.21. The minimum atomic E-state index is -0.391. The zero-order valence-corrected chi connectivity index (χ0v) is 14.1. The van der Waals surface area contributed by atoms with E-state index in [1.807, 2.05) is 6.92 Å². The van der Waals surface area contributed by atoms with Gasteiger partial charge < -0.3 is 21.1 Å². The molecule has 1 aromatic carbocycles. The Morgan fingerprint density at radius 2 is 2.04 bits per heavy atom. The maximum absolute atomic E-state index is 12.4.